The van der Waals surface area contributed by atoms with Crippen LogP contribution in [0.3, 0.4) is 0 Å². The molecule has 0 spiro atoms. The summed E-state index contributed by atoms with van der Waals surface area (Å²) in [5.41, 5.74) is 0. The number of carbonyl (C=O) groups excluding carboxylic acids is 1. The Balaban J connectivity index is 1.74. The summed E-state index contributed by atoms with van der Waals surface area (Å²) in [6.45, 7) is -0.0738. The second-order valence-corrected chi connectivity index (χ2v) is 4.71. The van der Waals surface area contributed by atoms with E-state index >= 15 is 0 Å². The van der Waals surface area contributed by atoms with Gasteiger partial charge in [0.1, 0.15) is 30.5 Å². The second-order valence-electron chi connectivity index (χ2n) is 4.71. The first kappa shape index (κ1) is 17.5. The fraction of sp³-hybridized carbons (Fsp3) is 0.250. The third-order valence-electron chi connectivity index (χ3n) is 2.84. The number of carboxylic acids is 1. The first-order valence-corrected chi connectivity index (χ1v) is 7.09. The van der Waals surface area contributed by atoms with Gasteiger partial charge in [0, 0.05) is 6.54 Å². The number of amides is 1. The zero-order chi connectivity index (χ0) is 17.4. The lowest BCUT2D eigenvalue weighted by molar-refractivity contribution is -0.142. The van der Waals surface area contributed by atoms with Crippen molar-refractivity contribution in [2.45, 2.75) is 6.61 Å². The largest absolute Gasteiger partial charge is 0.486 e. The van der Waals surface area contributed by atoms with E-state index < -0.39 is 18.5 Å². The van der Waals surface area contributed by atoms with E-state index in [-0.39, 0.29) is 31.3 Å². The molecule has 1 heterocycles. The molecule has 1 aromatic carbocycles. The topological polar surface area (TPSA) is 98.0 Å². The van der Waals surface area contributed by atoms with E-state index in [0.29, 0.717) is 11.5 Å². The number of carboxylic acid groups (broad SMARTS) is 1. The maximum Gasteiger partial charge on any atom is 0.329 e. The maximum atomic E-state index is 12.8. The van der Waals surface area contributed by atoms with Crippen LogP contribution in [0.1, 0.15) is 16.3 Å². The first-order valence-electron chi connectivity index (χ1n) is 7.09. The van der Waals surface area contributed by atoms with Crippen molar-refractivity contribution in [3.8, 4) is 5.75 Å². The average molecular weight is 337 g/mol. The molecule has 0 bridgehead atoms. The predicted molar refractivity (Wildman–Crippen MR) is 80.2 cm³/mol. The summed E-state index contributed by atoms with van der Waals surface area (Å²) in [6, 6.07) is 8.63. The number of nitrogens with one attached hydrogen (secondary N) is 1. The van der Waals surface area contributed by atoms with Gasteiger partial charge < -0.3 is 24.3 Å². The number of aliphatic carboxylic acids is 1. The van der Waals surface area contributed by atoms with Crippen molar-refractivity contribution in [2.75, 3.05) is 19.8 Å². The lowest BCUT2D eigenvalue weighted by Gasteiger charge is -2.04. The van der Waals surface area contributed by atoms with E-state index in [2.05, 4.69) is 5.32 Å². The number of hydrogen-bond acceptors (Lipinski definition) is 5. The molecular formula is C16H16FNO6. The highest BCUT2D eigenvalue weighted by atomic mass is 19.1. The lowest BCUT2D eigenvalue weighted by Crippen LogP contribution is -2.27. The maximum absolute atomic E-state index is 12.8. The standard InChI is InChI=1S/C16H16FNO6/c17-11-1-3-12(4-2-11)23-9-13-5-6-14(24-13)16(21)18-7-8-22-10-15(19)20/h1-6H,7-10H2,(H,18,21)(H,19,20). The van der Waals surface area contributed by atoms with Crippen LogP contribution in [-0.4, -0.2) is 36.7 Å². The van der Waals surface area contributed by atoms with Gasteiger partial charge >= 0.3 is 5.97 Å². The quantitative estimate of drug-likeness (QED) is 0.678. The number of halogens is 1. The van der Waals surface area contributed by atoms with E-state index in [9.17, 15) is 14.0 Å². The molecule has 0 aliphatic heterocycles. The molecule has 2 N–H and O–H groups in total. The van der Waals surface area contributed by atoms with E-state index in [1.165, 1.54) is 30.3 Å². The number of rotatable bonds is 9. The molecule has 0 atom stereocenters. The molecule has 7 nitrogen and oxygen atoms in total. The number of carbonyl (C=O) groups is 2. The molecule has 0 unspecified atom stereocenters. The Labute approximate surface area is 137 Å². The average Bonchev–Trinajstić information content (AvgIpc) is 3.02. The van der Waals surface area contributed by atoms with E-state index in [1.807, 2.05) is 0 Å². The SMILES string of the molecule is O=C(O)COCCNC(=O)c1ccc(COc2ccc(F)cc2)o1. The van der Waals surface area contributed by atoms with Gasteiger partial charge in [-0.25, -0.2) is 9.18 Å². The molecule has 0 aliphatic rings. The fourth-order valence-corrected chi connectivity index (χ4v) is 1.75. The minimum Gasteiger partial charge on any atom is -0.486 e. The lowest BCUT2D eigenvalue weighted by atomic mass is 10.3. The van der Waals surface area contributed by atoms with Crippen molar-refractivity contribution >= 4 is 11.9 Å². The van der Waals surface area contributed by atoms with Crippen LogP contribution in [-0.2, 0) is 16.1 Å². The van der Waals surface area contributed by atoms with E-state index in [0.717, 1.165) is 0 Å². The summed E-state index contributed by atoms with van der Waals surface area (Å²) >= 11 is 0. The van der Waals surface area contributed by atoms with Gasteiger partial charge in [-0.1, -0.05) is 0 Å². The molecule has 1 amide bonds. The Bertz CT molecular complexity index is 682. The van der Waals surface area contributed by atoms with Crippen LogP contribution in [0.5, 0.6) is 5.75 Å². The summed E-state index contributed by atoms with van der Waals surface area (Å²) in [5.74, 6) is -0.848. The van der Waals surface area contributed by atoms with Gasteiger partial charge in [-0.15, -0.1) is 0 Å². The molecule has 128 valence electrons. The molecule has 8 heteroatoms. The summed E-state index contributed by atoms with van der Waals surface area (Å²) in [6.07, 6.45) is 0. The van der Waals surface area contributed by atoms with Crippen molar-refractivity contribution in [2.24, 2.45) is 0 Å². The third kappa shape index (κ3) is 5.73. The summed E-state index contributed by atoms with van der Waals surface area (Å²) in [4.78, 5) is 22.1. The minimum atomic E-state index is -1.07. The van der Waals surface area contributed by atoms with Gasteiger partial charge in [-0.3, -0.25) is 4.79 Å². The smallest absolute Gasteiger partial charge is 0.329 e. The zero-order valence-electron chi connectivity index (χ0n) is 12.7. The molecule has 0 aliphatic carbocycles. The van der Waals surface area contributed by atoms with Crippen LogP contribution >= 0.6 is 0 Å². The van der Waals surface area contributed by atoms with Gasteiger partial charge in [0.2, 0.25) is 0 Å². The van der Waals surface area contributed by atoms with Crippen molar-refractivity contribution in [3.05, 3.63) is 53.7 Å². The Morgan fingerprint density at radius 3 is 2.62 bits per heavy atom. The van der Waals surface area contributed by atoms with Crippen LogP contribution in [0.4, 0.5) is 4.39 Å². The van der Waals surface area contributed by atoms with Crippen LogP contribution in [0.25, 0.3) is 0 Å². The highest BCUT2D eigenvalue weighted by Crippen LogP contribution is 2.15. The van der Waals surface area contributed by atoms with Gasteiger partial charge in [-0.2, -0.15) is 0 Å². The van der Waals surface area contributed by atoms with Crippen molar-refractivity contribution in [1.29, 1.82) is 0 Å². The second kappa shape index (κ2) is 8.68. The molecule has 0 fully saturated rings. The molecule has 0 saturated carbocycles. The van der Waals surface area contributed by atoms with Crippen LogP contribution in [0.2, 0.25) is 0 Å². The predicted octanol–water partition coefficient (Wildman–Crippen LogP) is 1.83. The Hall–Kier alpha value is -2.87. The number of hydrogen-bond donors (Lipinski definition) is 2. The van der Waals surface area contributed by atoms with Crippen LogP contribution in [0, 0.1) is 5.82 Å². The van der Waals surface area contributed by atoms with Gasteiger partial charge in [-0.05, 0) is 36.4 Å². The third-order valence-corrected chi connectivity index (χ3v) is 2.84. The molecule has 0 radical (unpaired) electrons. The van der Waals surface area contributed by atoms with E-state index in [4.69, 9.17) is 19.0 Å². The highest BCUT2D eigenvalue weighted by Gasteiger charge is 2.11. The molecule has 2 rings (SSSR count). The summed E-state index contributed by atoms with van der Waals surface area (Å²) < 4.78 is 28.3. The van der Waals surface area contributed by atoms with Crippen LogP contribution in [0.15, 0.2) is 40.8 Å². The Morgan fingerprint density at radius 1 is 1.17 bits per heavy atom. The van der Waals surface area contributed by atoms with Crippen molar-refractivity contribution in [3.63, 3.8) is 0 Å². The van der Waals surface area contributed by atoms with Crippen LogP contribution < -0.4 is 10.1 Å². The molecule has 24 heavy (non-hydrogen) atoms. The molecular weight excluding hydrogens is 321 g/mol. The Morgan fingerprint density at radius 2 is 1.92 bits per heavy atom. The first-order chi connectivity index (χ1) is 11.5. The fourth-order valence-electron chi connectivity index (χ4n) is 1.75. The van der Waals surface area contributed by atoms with E-state index in [1.54, 1.807) is 6.07 Å². The highest BCUT2D eigenvalue weighted by molar-refractivity contribution is 5.91. The van der Waals surface area contributed by atoms with Gasteiger partial charge in [0.05, 0.1) is 6.61 Å². The number of furan rings is 1. The van der Waals surface area contributed by atoms with Gasteiger partial charge in [0.15, 0.2) is 5.76 Å². The summed E-state index contributed by atoms with van der Waals surface area (Å²) in [5, 5.41) is 10.9. The number of ether oxygens (including phenoxy) is 2. The van der Waals surface area contributed by atoms with Gasteiger partial charge in [0.25, 0.3) is 5.91 Å². The normalized spacial score (nSPS) is 10.4. The number of benzene rings is 1. The van der Waals surface area contributed by atoms with Crippen molar-refractivity contribution < 1.29 is 33.0 Å². The molecule has 1 aromatic heterocycles. The molecule has 2 aromatic rings. The minimum absolute atomic E-state index is 0.0826. The monoisotopic (exact) mass is 337 g/mol. The molecule has 0 saturated heterocycles. The zero-order valence-corrected chi connectivity index (χ0v) is 12.7. The summed E-state index contributed by atoms with van der Waals surface area (Å²) in [7, 11) is 0. The van der Waals surface area contributed by atoms with Crippen molar-refractivity contribution in [1.82, 2.24) is 5.32 Å². The Kier molecular flexibility index (Phi) is 6.32.